The molecule has 94 valence electrons. The average Bonchev–Trinajstić information content (AvgIpc) is 2.54. The van der Waals surface area contributed by atoms with E-state index in [0.717, 1.165) is 11.3 Å². The summed E-state index contributed by atoms with van der Waals surface area (Å²) in [5.41, 5.74) is 5.78. The fraction of sp³-hybridized carbons (Fsp3) is 0.500. The van der Waals surface area contributed by atoms with Gasteiger partial charge in [-0.1, -0.05) is 6.92 Å². The van der Waals surface area contributed by atoms with Crippen molar-refractivity contribution < 1.29 is 8.42 Å². The minimum Gasteiger partial charge on any atom is -0.396 e. The quantitative estimate of drug-likeness (QED) is 0.872. The third-order valence-corrected chi connectivity index (χ3v) is 5.09. The van der Waals surface area contributed by atoms with Crippen molar-refractivity contribution in [2.45, 2.75) is 31.7 Å². The van der Waals surface area contributed by atoms with E-state index in [1.165, 1.54) is 0 Å². The number of nitrogens with zero attached hydrogens (tertiary/aromatic N) is 1. The summed E-state index contributed by atoms with van der Waals surface area (Å²) >= 11 is 1.08. The summed E-state index contributed by atoms with van der Waals surface area (Å²) in [6.07, 6.45) is 0. The highest BCUT2D eigenvalue weighted by Gasteiger charge is 2.26. The number of hydrogen-bond acceptors (Lipinski definition) is 6. The molecule has 0 saturated heterocycles. The highest BCUT2D eigenvalue weighted by atomic mass is 32.2. The van der Waals surface area contributed by atoms with Gasteiger partial charge < -0.3 is 11.1 Å². The fourth-order valence-corrected chi connectivity index (χ4v) is 3.92. The molecule has 1 rings (SSSR count). The summed E-state index contributed by atoms with van der Waals surface area (Å²) in [5, 5.41) is 12.4. The van der Waals surface area contributed by atoms with Gasteiger partial charge >= 0.3 is 0 Å². The number of nitriles is 1. The molecule has 1 aromatic rings. The van der Waals surface area contributed by atoms with Gasteiger partial charge in [-0.15, -0.1) is 11.3 Å². The number of nitrogens with one attached hydrogen (secondary N) is 1. The first-order chi connectivity index (χ1) is 7.83. The smallest absolute Gasteiger partial charge is 0.183 e. The van der Waals surface area contributed by atoms with Gasteiger partial charge in [-0.2, -0.15) is 5.26 Å². The molecule has 0 unspecified atom stereocenters. The van der Waals surface area contributed by atoms with Crippen molar-refractivity contribution in [2.75, 3.05) is 16.8 Å². The number of nitrogens with two attached hydrogens (primary N) is 1. The van der Waals surface area contributed by atoms with Crippen LogP contribution in [0.25, 0.3) is 0 Å². The lowest BCUT2D eigenvalue weighted by Crippen LogP contribution is -2.13. The third-order valence-electron chi connectivity index (χ3n) is 2.11. The molecule has 0 aliphatic heterocycles. The van der Waals surface area contributed by atoms with E-state index in [-0.39, 0.29) is 27.3 Å². The summed E-state index contributed by atoms with van der Waals surface area (Å²) in [5.74, 6) is -0.0361. The summed E-state index contributed by atoms with van der Waals surface area (Å²) in [4.78, 5) is 0.301. The maximum atomic E-state index is 11.9. The van der Waals surface area contributed by atoms with Gasteiger partial charge in [-0.25, -0.2) is 8.42 Å². The minimum absolute atomic E-state index is 0.0361. The molecule has 0 spiro atoms. The summed E-state index contributed by atoms with van der Waals surface area (Å²) in [6, 6.07) is 1.99. The van der Waals surface area contributed by atoms with Gasteiger partial charge in [-0.3, -0.25) is 0 Å². The Labute approximate surface area is 105 Å². The molecule has 0 amide bonds. The number of rotatable bonds is 4. The van der Waals surface area contributed by atoms with Gasteiger partial charge in [0, 0.05) is 6.04 Å². The first-order valence-electron chi connectivity index (χ1n) is 5.15. The van der Waals surface area contributed by atoms with Crippen molar-refractivity contribution in [1.29, 1.82) is 5.26 Å². The molecule has 17 heavy (non-hydrogen) atoms. The van der Waals surface area contributed by atoms with E-state index in [1.54, 1.807) is 6.92 Å². The van der Waals surface area contributed by atoms with Gasteiger partial charge in [0.05, 0.1) is 11.4 Å². The van der Waals surface area contributed by atoms with Crippen LogP contribution in [0.3, 0.4) is 0 Å². The van der Waals surface area contributed by atoms with Crippen molar-refractivity contribution in [2.24, 2.45) is 0 Å². The molecular formula is C10H15N3O2S2. The van der Waals surface area contributed by atoms with Crippen LogP contribution >= 0.6 is 11.3 Å². The Balaban J connectivity index is 3.46. The standard InChI is InChI=1S/C10H15N3O2S2/c1-4-17(14,15)9-8(12)7(5-11)16-10(9)13-6(2)3/h6,13H,4,12H2,1-3H3. The molecule has 0 aliphatic carbocycles. The minimum atomic E-state index is -3.42. The van der Waals surface area contributed by atoms with Crippen LogP contribution in [-0.2, 0) is 9.84 Å². The van der Waals surface area contributed by atoms with Crippen LogP contribution in [0.5, 0.6) is 0 Å². The topological polar surface area (TPSA) is 96.0 Å². The molecule has 0 bridgehead atoms. The number of anilines is 2. The average molecular weight is 273 g/mol. The summed E-state index contributed by atoms with van der Waals surface area (Å²) in [7, 11) is -3.42. The van der Waals surface area contributed by atoms with E-state index >= 15 is 0 Å². The summed E-state index contributed by atoms with van der Waals surface area (Å²) < 4.78 is 23.9. The lowest BCUT2D eigenvalue weighted by Gasteiger charge is -2.10. The number of nitrogen functional groups attached to an aromatic ring is 1. The predicted molar refractivity (Wildman–Crippen MR) is 69.9 cm³/mol. The lowest BCUT2D eigenvalue weighted by atomic mass is 10.4. The second kappa shape index (κ2) is 4.94. The molecule has 5 nitrogen and oxygen atoms in total. The number of sulfone groups is 1. The maximum Gasteiger partial charge on any atom is 0.183 e. The first-order valence-corrected chi connectivity index (χ1v) is 7.62. The van der Waals surface area contributed by atoms with Gasteiger partial charge in [0.2, 0.25) is 0 Å². The molecule has 0 atom stereocenters. The van der Waals surface area contributed by atoms with Crippen LogP contribution in [0.1, 0.15) is 25.6 Å². The van der Waals surface area contributed by atoms with Crippen LogP contribution in [0.4, 0.5) is 10.7 Å². The molecule has 7 heteroatoms. The van der Waals surface area contributed by atoms with Gasteiger partial charge in [0.1, 0.15) is 20.8 Å². The van der Waals surface area contributed by atoms with Gasteiger partial charge in [-0.05, 0) is 13.8 Å². The Morgan fingerprint density at radius 1 is 1.53 bits per heavy atom. The molecule has 1 heterocycles. The normalized spacial score (nSPS) is 11.5. The molecule has 1 aromatic heterocycles. The molecule has 0 aliphatic rings. The van der Waals surface area contributed by atoms with Crippen molar-refractivity contribution in [3.05, 3.63) is 4.88 Å². The van der Waals surface area contributed by atoms with E-state index < -0.39 is 9.84 Å². The molecular weight excluding hydrogens is 258 g/mol. The Morgan fingerprint density at radius 2 is 2.12 bits per heavy atom. The number of thiophene rings is 1. The molecule has 3 N–H and O–H groups in total. The zero-order chi connectivity index (χ0) is 13.2. The van der Waals surface area contributed by atoms with E-state index in [4.69, 9.17) is 11.0 Å². The fourth-order valence-electron chi connectivity index (χ4n) is 1.32. The number of hydrogen-bond donors (Lipinski definition) is 2. The third kappa shape index (κ3) is 2.70. The second-order valence-electron chi connectivity index (χ2n) is 3.82. The van der Waals surface area contributed by atoms with Crippen molar-refractivity contribution in [3.8, 4) is 6.07 Å². The monoisotopic (exact) mass is 273 g/mol. The highest BCUT2D eigenvalue weighted by Crippen LogP contribution is 2.39. The van der Waals surface area contributed by atoms with Crippen molar-refractivity contribution in [1.82, 2.24) is 0 Å². The Bertz CT molecular complexity index is 553. The van der Waals surface area contributed by atoms with Crippen LogP contribution in [0.2, 0.25) is 0 Å². The van der Waals surface area contributed by atoms with E-state index in [9.17, 15) is 8.42 Å². The lowest BCUT2D eigenvalue weighted by molar-refractivity contribution is 0.598. The summed E-state index contributed by atoms with van der Waals surface area (Å²) in [6.45, 7) is 5.34. The molecule has 0 radical (unpaired) electrons. The zero-order valence-corrected chi connectivity index (χ0v) is 11.6. The second-order valence-corrected chi connectivity index (χ2v) is 7.05. The molecule has 0 fully saturated rings. The SMILES string of the molecule is CCS(=O)(=O)c1c(NC(C)C)sc(C#N)c1N. The van der Waals surface area contributed by atoms with E-state index in [0.29, 0.717) is 5.00 Å². The first kappa shape index (κ1) is 13.8. The largest absolute Gasteiger partial charge is 0.396 e. The Kier molecular flexibility index (Phi) is 4.01. The molecule has 0 aromatic carbocycles. The van der Waals surface area contributed by atoms with E-state index in [2.05, 4.69) is 5.32 Å². The van der Waals surface area contributed by atoms with Crippen LogP contribution in [-0.4, -0.2) is 20.2 Å². The Hall–Kier alpha value is -1.26. The van der Waals surface area contributed by atoms with Crippen LogP contribution in [0.15, 0.2) is 4.90 Å². The van der Waals surface area contributed by atoms with E-state index in [1.807, 2.05) is 19.9 Å². The predicted octanol–water partition coefficient (Wildman–Crippen LogP) is 1.82. The zero-order valence-electron chi connectivity index (χ0n) is 9.94. The van der Waals surface area contributed by atoms with Crippen LogP contribution < -0.4 is 11.1 Å². The Morgan fingerprint density at radius 3 is 2.53 bits per heavy atom. The maximum absolute atomic E-state index is 11.9. The van der Waals surface area contributed by atoms with Gasteiger partial charge in [0.15, 0.2) is 9.84 Å². The van der Waals surface area contributed by atoms with Gasteiger partial charge in [0.25, 0.3) is 0 Å². The molecule has 0 saturated carbocycles. The van der Waals surface area contributed by atoms with Crippen molar-refractivity contribution >= 4 is 31.9 Å². The van der Waals surface area contributed by atoms with Crippen LogP contribution in [0, 0.1) is 11.3 Å². The van der Waals surface area contributed by atoms with Crippen molar-refractivity contribution in [3.63, 3.8) is 0 Å². The highest BCUT2D eigenvalue weighted by molar-refractivity contribution is 7.91.